The van der Waals surface area contributed by atoms with E-state index in [1.54, 1.807) is 36.6 Å². The van der Waals surface area contributed by atoms with Crippen molar-refractivity contribution in [3.63, 3.8) is 0 Å². The maximum atomic E-state index is 5.80. The van der Waals surface area contributed by atoms with Crippen LogP contribution in [0.2, 0.25) is 5.15 Å². The minimum Gasteiger partial charge on any atom is -0.454 e. The third-order valence-corrected chi connectivity index (χ3v) is 1.72. The van der Waals surface area contributed by atoms with Crippen LogP contribution in [0.15, 0.2) is 55.5 Å². The molecule has 72 valence electrons. The molecule has 0 spiro atoms. The van der Waals surface area contributed by atoms with E-state index in [-0.39, 0.29) is 0 Å². The molecule has 0 amide bonds. The maximum absolute atomic E-state index is 5.80. The zero-order chi connectivity index (χ0) is 10.4. The van der Waals surface area contributed by atoms with Gasteiger partial charge < -0.3 is 4.74 Å². The Kier molecular flexibility index (Phi) is 3.95. The summed E-state index contributed by atoms with van der Waals surface area (Å²) in [5.74, 6) is 1.08. The van der Waals surface area contributed by atoms with Crippen LogP contribution in [-0.2, 0) is 0 Å². The van der Waals surface area contributed by atoms with Crippen molar-refractivity contribution in [1.29, 1.82) is 0 Å². The van der Waals surface area contributed by atoms with Crippen molar-refractivity contribution in [3.8, 4) is 5.75 Å². The lowest BCUT2D eigenvalue weighted by atomic mass is 10.4. The Labute approximate surface area is 88.2 Å². The average molecular weight is 208 g/mol. The van der Waals surface area contributed by atoms with Gasteiger partial charge in [0.1, 0.15) is 5.76 Å². The highest BCUT2D eigenvalue weighted by atomic mass is 35.5. The van der Waals surface area contributed by atoms with Gasteiger partial charge >= 0.3 is 0 Å². The summed E-state index contributed by atoms with van der Waals surface area (Å²) in [4.78, 5) is 3.88. The molecule has 14 heavy (non-hydrogen) atoms. The van der Waals surface area contributed by atoms with Gasteiger partial charge in [-0.3, -0.25) is 0 Å². The van der Waals surface area contributed by atoms with Crippen LogP contribution in [0, 0.1) is 0 Å². The molecule has 1 aromatic rings. The summed E-state index contributed by atoms with van der Waals surface area (Å²) >= 11 is 5.80. The quantitative estimate of drug-likeness (QED) is 0.429. The lowest BCUT2D eigenvalue weighted by Crippen LogP contribution is -1.92. The fraction of sp³-hybridized carbons (Fsp3) is 0. The molecule has 0 saturated carbocycles. The van der Waals surface area contributed by atoms with Crippen LogP contribution in [0.5, 0.6) is 5.75 Å². The second kappa shape index (κ2) is 5.25. The fourth-order valence-electron chi connectivity index (χ4n) is 0.834. The molecule has 0 unspecified atom stereocenters. The predicted molar refractivity (Wildman–Crippen MR) is 58.4 cm³/mol. The number of allylic oxidation sites excluding steroid dienone is 3. The van der Waals surface area contributed by atoms with Crippen LogP contribution >= 0.6 is 11.6 Å². The first-order chi connectivity index (χ1) is 6.77. The summed E-state index contributed by atoms with van der Waals surface area (Å²) < 4.78 is 5.41. The first-order valence-electron chi connectivity index (χ1n) is 4.01. The third kappa shape index (κ3) is 2.75. The second-order valence-electron chi connectivity index (χ2n) is 2.40. The highest BCUT2D eigenvalue weighted by Crippen LogP contribution is 2.22. The molecule has 2 nitrogen and oxygen atoms in total. The molecule has 0 aliphatic heterocycles. The number of rotatable bonds is 4. The Balaban J connectivity index is 2.87. The maximum Gasteiger partial charge on any atom is 0.171 e. The number of pyridine rings is 1. The number of hydrogen-bond donors (Lipinski definition) is 0. The van der Waals surface area contributed by atoms with Crippen LogP contribution < -0.4 is 4.74 Å². The van der Waals surface area contributed by atoms with Gasteiger partial charge in [0.25, 0.3) is 0 Å². The molecular formula is C11H10ClNO. The number of nitrogens with zero attached hydrogens (tertiary/aromatic N) is 1. The van der Waals surface area contributed by atoms with Crippen molar-refractivity contribution >= 4 is 11.6 Å². The molecule has 1 rings (SSSR count). The van der Waals surface area contributed by atoms with Gasteiger partial charge in [0.15, 0.2) is 10.9 Å². The van der Waals surface area contributed by atoms with Gasteiger partial charge in [-0.05, 0) is 24.3 Å². The van der Waals surface area contributed by atoms with Gasteiger partial charge in [0.05, 0.1) is 0 Å². The Morgan fingerprint density at radius 1 is 1.50 bits per heavy atom. The first kappa shape index (κ1) is 10.5. The first-order valence-corrected chi connectivity index (χ1v) is 4.39. The smallest absolute Gasteiger partial charge is 0.171 e. The summed E-state index contributed by atoms with van der Waals surface area (Å²) in [5, 5.41) is 0.323. The Bertz CT molecular complexity index is 371. The van der Waals surface area contributed by atoms with E-state index in [1.807, 2.05) is 0 Å². The molecule has 0 fully saturated rings. The van der Waals surface area contributed by atoms with E-state index in [0.29, 0.717) is 16.7 Å². The topological polar surface area (TPSA) is 22.1 Å². The summed E-state index contributed by atoms with van der Waals surface area (Å²) in [6.07, 6.45) is 6.47. The van der Waals surface area contributed by atoms with Gasteiger partial charge in [0, 0.05) is 6.20 Å². The van der Waals surface area contributed by atoms with E-state index in [1.165, 1.54) is 0 Å². The van der Waals surface area contributed by atoms with E-state index in [9.17, 15) is 0 Å². The molecule has 1 heterocycles. The molecule has 0 aliphatic rings. The fourth-order valence-corrected chi connectivity index (χ4v) is 0.992. The van der Waals surface area contributed by atoms with Gasteiger partial charge in [-0.15, -0.1) is 0 Å². The average Bonchev–Trinajstić information content (AvgIpc) is 2.20. The predicted octanol–water partition coefficient (Wildman–Crippen LogP) is 3.37. The molecule has 0 aromatic carbocycles. The lowest BCUT2D eigenvalue weighted by Gasteiger charge is -2.05. The normalized spacial score (nSPS) is 10.8. The molecular weight excluding hydrogens is 198 g/mol. The Morgan fingerprint density at radius 2 is 2.29 bits per heavy atom. The van der Waals surface area contributed by atoms with E-state index in [2.05, 4.69) is 18.1 Å². The highest BCUT2D eigenvalue weighted by Gasteiger charge is 2.01. The highest BCUT2D eigenvalue weighted by molar-refractivity contribution is 6.30. The summed E-state index contributed by atoms with van der Waals surface area (Å²) in [7, 11) is 0. The van der Waals surface area contributed by atoms with Crippen LogP contribution in [-0.4, -0.2) is 4.98 Å². The van der Waals surface area contributed by atoms with Crippen molar-refractivity contribution < 1.29 is 4.74 Å². The van der Waals surface area contributed by atoms with Crippen molar-refractivity contribution in [2.24, 2.45) is 0 Å². The molecule has 3 heteroatoms. The molecule has 0 saturated heterocycles. The van der Waals surface area contributed by atoms with E-state index in [0.717, 1.165) is 0 Å². The molecule has 1 aromatic heterocycles. The van der Waals surface area contributed by atoms with E-state index < -0.39 is 0 Å². The zero-order valence-electron chi connectivity index (χ0n) is 7.61. The summed E-state index contributed by atoms with van der Waals surface area (Å²) in [6.45, 7) is 7.16. The minimum atomic E-state index is 0.323. The molecule has 0 N–H and O–H groups in total. The lowest BCUT2D eigenvalue weighted by molar-refractivity contribution is 0.443. The molecule has 0 radical (unpaired) electrons. The van der Waals surface area contributed by atoms with Gasteiger partial charge in [0.2, 0.25) is 0 Å². The van der Waals surface area contributed by atoms with Crippen molar-refractivity contribution in [2.45, 2.75) is 0 Å². The Hall–Kier alpha value is -1.54. The van der Waals surface area contributed by atoms with E-state index >= 15 is 0 Å². The van der Waals surface area contributed by atoms with Crippen molar-refractivity contribution in [3.05, 3.63) is 60.6 Å². The molecule has 0 bridgehead atoms. The van der Waals surface area contributed by atoms with Crippen molar-refractivity contribution in [1.82, 2.24) is 4.98 Å². The minimum absolute atomic E-state index is 0.323. The largest absolute Gasteiger partial charge is 0.454 e. The third-order valence-electron chi connectivity index (χ3n) is 1.44. The monoisotopic (exact) mass is 207 g/mol. The van der Waals surface area contributed by atoms with Gasteiger partial charge in [-0.25, -0.2) is 4.98 Å². The summed E-state index contributed by atoms with van der Waals surface area (Å²) in [5.41, 5.74) is 0. The molecule has 0 aliphatic carbocycles. The number of ether oxygens (including phenoxy) is 1. The van der Waals surface area contributed by atoms with E-state index in [4.69, 9.17) is 16.3 Å². The zero-order valence-corrected chi connectivity index (χ0v) is 8.37. The molecule has 0 atom stereocenters. The summed E-state index contributed by atoms with van der Waals surface area (Å²) in [6, 6.07) is 3.48. The van der Waals surface area contributed by atoms with Crippen molar-refractivity contribution in [2.75, 3.05) is 0 Å². The van der Waals surface area contributed by atoms with Crippen LogP contribution in [0.1, 0.15) is 0 Å². The number of halogens is 1. The van der Waals surface area contributed by atoms with Gasteiger partial charge in [-0.1, -0.05) is 30.8 Å². The van der Waals surface area contributed by atoms with Gasteiger partial charge in [-0.2, -0.15) is 0 Å². The number of aromatic nitrogens is 1. The second-order valence-corrected chi connectivity index (χ2v) is 2.76. The standard InChI is InChI=1S/C11H10ClNO/c1-3-6-9(4-2)14-10-7-5-8-13-11(10)12/h3-8H,1-2H2/b9-6+. The van der Waals surface area contributed by atoms with Crippen LogP contribution in [0.3, 0.4) is 0 Å². The van der Waals surface area contributed by atoms with Crippen LogP contribution in [0.4, 0.5) is 0 Å². The SMILES string of the molecule is C=C/C=C(\C=C)Oc1cccnc1Cl. The number of hydrogen-bond acceptors (Lipinski definition) is 2. The Morgan fingerprint density at radius 3 is 2.86 bits per heavy atom. The van der Waals surface area contributed by atoms with Crippen LogP contribution in [0.25, 0.3) is 0 Å².